The summed E-state index contributed by atoms with van der Waals surface area (Å²) in [6.45, 7) is 6.55. The minimum absolute atomic E-state index is 0.193. The number of fused-ring (bicyclic) bond motifs is 2. The highest BCUT2D eigenvalue weighted by Crippen LogP contribution is 2.52. The number of rotatable bonds is 1. The highest BCUT2D eigenvalue weighted by Gasteiger charge is 2.56. The van der Waals surface area contributed by atoms with Crippen LogP contribution in [0.25, 0.3) is 0 Å². The lowest BCUT2D eigenvalue weighted by molar-refractivity contribution is 0.352. The summed E-state index contributed by atoms with van der Waals surface area (Å²) in [4.78, 5) is 0. The topological polar surface area (TPSA) is 51.0 Å². The Morgan fingerprint density at radius 3 is 2.67 bits per heavy atom. The molecule has 2 fully saturated rings. The minimum Gasteiger partial charge on any atom is -0.342 e. The Morgan fingerprint density at radius 1 is 1.40 bits per heavy atom. The van der Waals surface area contributed by atoms with E-state index in [2.05, 4.69) is 29.5 Å². The maximum absolute atomic E-state index is 5.07. The lowest BCUT2D eigenvalue weighted by atomic mass is 9.74. The van der Waals surface area contributed by atoms with Gasteiger partial charge in [-0.2, -0.15) is 0 Å². The van der Waals surface area contributed by atoms with E-state index in [1.54, 1.807) is 0 Å². The summed E-state index contributed by atoms with van der Waals surface area (Å²) in [5.74, 6) is 1.33. The normalized spacial score (nSPS) is 43.8. The Kier molecular flexibility index (Phi) is 1.63. The SMILES string of the molecule is Cc1onnc1C1CC2(C)CCC1(C)N2. The molecule has 3 rings (SSSR count). The van der Waals surface area contributed by atoms with Crippen molar-refractivity contribution in [3.05, 3.63) is 11.5 Å². The van der Waals surface area contributed by atoms with Gasteiger partial charge >= 0.3 is 0 Å². The Labute approximate surface area is 89.4 Å². The van der Waals surface area contributed by atoms with Crippen LogP contribution in [0.1, 0.15) is 50.5 Å². The van der Waals surface area contributed by atoms with Crippen LogP contribution in [-0.2, 0) is 0 Å². The molecule has 0 saturated carbocycles. The summed E-state index contributed by atoms with van der Waals surface area (Å²) in [7, 11) is 0. The molecule has 2 aliphatic rings. The van der Waals surface area contributed by atoms with E-state index in [0.29, 0.717) is 11.5 Å². The second-order valence-electron chi connectivity index (χ2n) is 5.57. The van der Waals surface area contributed by atoms with E-state index in [1.165, 1.54) is 12.8 Å². The van der Waals surface area contributed by atoms with Crippen molar-refractivity contribution in [2.75, 3.05) is 0 Å². The average Bonchev–Trinajstić information content (AvgIpc) is 2.75. The third-order valence-electron chi connectivity index (χ3n) is 4.22. The zero-order valence-electron chi connectivity index (χ0n) is 9.50. The quantitative estimate of drug-likeness (QED) is 0.762. The number of aryl methyl sites for hydroxylation is 1. The second kappa shape index (κ2) is 2.61. The predicted molar refractivity (Wildman–Crippen MR) is 55.6 cm³/mol. The molecule has 1 aromatic rings. The zero-order chi connectivity index (χ0) is 10.7. The van der Waals surface area contributed by atoms with E-state index in [1.807, 2.05) is 6.92 Å². The van der Waals surface area contributed by atoms with E-state index in [4.69, 9.17) is 4.52 Å². The molecular weight excluding hydrogens is 190 g/mol. The molecule has 2 saturated heterocycles. The smallest absolute Gasteiger partial charge is 0.157 e. The maximum Gasteiger partial charge on any atom is 0.157 e. The Hall–Kier alpha value is -0.900. The number of hydrogen-bond donors (Lipinski definition) is 1. The molecule has 1 aromatic heterocycles. The number of nitrogens with zero attached hydrogens (tertiary/aromatic N) is 2. The fraction of sp³-hybridized carbons (Fsp3) is 0.818. The lowest BCUT2D eigenvalue weighted by Gasteiger charge is -2.29. The van der Waals surface area contributed by atoms with E-state index in [-0.39, 0.29) is 5.54 Å². The summed E-state index contributed by atoms with van der Waals surface area (Å²) < 4.78 is 5.07. The summed E-state index contributed by atoms with van der Waals surface area (Å²) in [5.41, 5.74) is 1.54. The molecule has 0 spiro atoms. The average molecular weight is 207 g/mol. The molecular formula is C11H17N3O. The van der Waals surface area contributed by atoms with Gasteiger partial charge in [0, 0.05) is 22.3 Å². The number of aromatic nitrogens is 2. The van der Waals surface area contributed by atoms with Crippen LogP contribution < -0.4 is 5.32 Å². The molecule has 4 nitrogen and oxygen atoms in total. The predicted octanol–water partition coefficient (Wildman–Crippen LogP) is 1.77. The van der Waals surface area contributed by atoms with Gasteiger partial charge in [0.2, 0.25) is 0 Å². The molecule has 0 aliphatic carbocycles. The highest BCUT2D eigenvalue weighted by molar-refractivity contribution is 5.26. The zero-order valence-corrected chi connectivity index (χ0v) is 9.50. The summed E-state index contributed by atoms with van der Waals surface area (Å²) in [5, 5.41) is 11.5. The molecule has 0 aromatic carbocycles. The summed E-state index contributed by atoms with van der Waals surface area (Å²) >= 11 is 0. The van der Waals surface area contributed by atoms with Crippen molar-refractivity contribution in [3.8, 4) is 0 Å². The Bertz CT molecular complexity index is 402. The molecule has 3 heterocycles. The van der Waals surface area contributed by atoms with Gasteiger partial charge in [0.15, 0.2) is 5.76 Å². The third-order valence-corrected chi connectivity index (χ3v) is 4.22. The van der Waals surface area contributed by atoms with Crippen LogP contribution in [0, 0.1) is 6.92 Å². The molecule has 0 amide bonds. The minimum atomic E-state index is 0.193. The van der Waals surface area contributed by atoms with Gasteiger partial charge in [0.05, 0.1) is 0 Å². The molecule has 82 valence electrons. The van der Waals surface area contributed by atoms with Crippen molar-refractivity contribution in [3.63, 3.8) is 0 Å². The van der Waals surface area contributed by atoms with Crippen LogP contribution in [0.15, 0.2) is 4.52 Å². The monoisotopic (exact) mass is 207 g/mol. The molecule has 4 heteroatoms. The van der Waals surface area contributed by atoms with Crippen LogP contribution in [0.5, 0.6) is 0 Å². The van der Waals surface area contributed by atoms with Gasteiger partial charge in [0.1, 0.15) is 5.69 Å². The first-order valence-electron chi connectivity index (χ1n) is 5.61. The second-order valence-corrected chi connectivity index (χ2v) is 5.57. The maximum atomic E-state index is 5.07. The summed E-state index contributed by atoms with van der Waals surface area (Å²) in [6.07, 6.45) is 3.64. The first-order valence-corrected chi connectivity index (χ1v) is 5.61. The van der Waals surface area contributed by atoms with Gasteiger partial charge < -0.3 is 9.84 Å². The van der Waals surface area contributed by atoms with Gasteiger partial charge in [-0.05, 0) is 40.0 Å². The van der Waals surface area contributed by atoms with E-state index in [0.717, 1.165) is 17.9 Å². The van der Waals surface area contributed by atoms with Crippen LogP contribution in [0.4, 0.5) is 0 Å². The lowest BCUT2D eigenvalue weighted by Crippen LogP contribution is -2.39. The van der Waals surface area contributed by atoms with Gasteiger partial charge in [-0.1, -0.05) is 0 Å². The van der Waals surface area contributed by atoms with Crippen LogP contribution in [0.2, 0.25) is 0 Å². The molecule has 0 radical (unpaired) electrons. The van der Waals surface area contributed by atoms with Crippen molar-refractivity contribution in [1.82, 2.24) is 15.7 Å². The standard InChI is InChI=1S/C11H17N3O/c1-7-9(12-14-15-7)8-6-10(2)4-5-11(8,3)13-10/h8,13H,4-6H2,1-3H3. The van der Waals surface area contributed by atoms with Crippen molar-refractivity contribution in [2.45, 2.75) is 57.0 Å². The molecule has 3 unspecified atom stereocenters. The van der Waals surface area contributed by atoms with Crippen molar-refractivity contribution < 1.29 is 4.52 Å². The third kappa shape index (κ3) is 1.17. The number of hydrogen-bond acceptors (Lipinski definition) is 4. The van der Waals surface area contributed by atoms with Crippen LogP contribution in [0.3, 0.4) is 0 Å². The highest BCUT2D eigenvalue weighted by atomic mass is 16.5. The van der Waals surface area contributed by atoms with Crippen LogP contribution in [-0.4, -0.2) is 21.4 Å². The fourth-order valence-corrected chi connectivity index (χ4v) is 3.40. The Balaban J connectivity index is 2.00. The molecule has 15 heavy (non-hydrogen) atoms. The van der Waals surface area contributed by atoms with Gasteiger partial charge in [-0.15, -0.1) is 5.10 Å². The number of nitrogens with one attached hydrogen (secondary N) is 1. The van der Waals surface area contributed by atoms with Crippen LogP contribution >= 0.6 is 0 Å². The van der Waals surface area contributed by atoms with Crippen molar-refractivity contribution in [2.24, 2.45) is 0 Å². The van der Waals surface area contributed by atoms with Gasteiger partial charge in [-0.25, -0.2) is 0 Å². The largest absolute Gasteiger partial charge is 0.342 e. The first kappa shape index (κ1) is 9.33. The Morgan fingerprint density at radius 2 is 2.20 bits per heavy atom. The molecule has 2 aliphatic heterocycles. The first-order chi connectivity index (χ1) is 7.03. The molecule has 2 bridgehead atoms. The van der Waals surface area contributed by atoms with Gasteiger partial charge in [0.25, 0.3) is 0 Å². The summed E-state index contributed by atoms with van der Waals surface area (Å²) in [6, 6.07) is 0. The fourth-order valence-electron chi connectivity index (χ4n) is 3.40. The van der Waals surface area contributed by atoms with Gasteiger partial charge in [-0.3, -0.25) is 0 Å². The molecule has 3 atom stereocenters. The van der Waals surface area contributed by atoms with E-state index >= 15 is 0 Å². The molecule has 1 N–H and O–H groups in total. The van der Waals surface area contributed by atoms with Crippen molar-refractivity contribution >= 4 is 0 Å². The van der Waals surface area contributed by atoms with E-state index in [9.17, 15) is 0 Å². The van der Waals surface area contributed by atoms with Crippen molar-refractivity contribution in [1.29, 1.82) is 0 Å². The van der Waals surface area contributed by atoms with E-state index < -0.39 is 0 Å².